The number of carbonyl (C=O) groups excluding carboxylic acids is 1. The number of rotatable bonds is 5. The fourth-order valence-electron chi connectivity index (χ4n) is 3.05. The number of hydrogen-bond acceptors (Lipinski definition) is 4. The molecule has 1 atom stereocenters. The quantitative estimate of drug-likeness (QED) is 0.849. The van der Waals surface area contributed by atoms with Crippen molar-refractivity contribution in [2.45, 2.75) is 17.7 Å². The predicted molar refractivity (Wildman–Crippen MR) is 99.5 cm³/mol. The van der Waals surface area contributed by atoms with E-state index >= 15 is 0 Å². The largest absolute Gasteiger partial charge is 0.497 e. The van der Waals surface area contributed by atoms with E-state index in [-0.39, 0.29) is 17.3 Å². The van der Waals surface area contributed by atoms with E-state index in [1.165, 1.54) is 16.4 Å². The second-order valence-electron chi connectivity index (χ2n) is 6.37. The number of benzene rings is 2. The van der Waals surface area contributed by atoms with E-state index in [0.717, 1.165) is 12.1 Å². The lowest BCUT2D eigenvalue weighted by atomic mass is 9.99. The number of nitrogens with one attached hydrogen (secondary N) is 1. The first-order chi connectivity index (χ1) is 12.9. The summed E-state index contributed by atoms with van der Waals surface area (Å²) in [5.41, 5.74) is 0.624. The second-order valence-corrected chi connectivity index (χ2v) is 8.31. The molecule has 2 aromatic rings. The molecule has 8 heteroatoms. The number of carbonyl (C=O) groups is 1. The van der Waals surface area contributed by atoms with Crippen molar-refractivity contribution in [1.82, 2.24) is 4.31 Å². The highest BCUT2D eigenvalue weighted by Gasteiger charge is 2.33. The highest BCUT2D eigenvalue weighted by Crippen LogP contribution is 2.25. The zero-order valence-corrected chi connectivity index (χ0v) is 15.7. The summed E-state index contributed by atoms with van der Waals surface area (Å²) in [4.78, 5) is 12.6. The Labute approximate surface area is 158 Å². The van der Waals surface area contributed by atoms with Crippen molar-refractivity contribution < 1.29 is 22.3 Å². The minimum Gasteiger partial charge on any atom is -0.497 e. The Kier molecular flexibility index (Phi) is 5.76. The van der Waals surface area contributed by atoms with Crippen LogP contribution in [0.5, 0.6) is 5.75 Å². The zero-order valence-electron chi connectivity index (χ0n) is 14.9. The molecular formula is C19H21FN2O4S. The summed E-state index contributed by atoms with van der Waals surface area (Å²) >= 11 is 0. The first-order valence-electron chi connectivity index (χ1n) is 8.61. The molecule has 0 aromatic heterocycles. The van der Waals surface area contributed by atoms with E-state index in [1.54, 1.807) is 31.4 Å². The molecule has 1 saturated heterocycles. The van der Waals surface area contributed by atoms with E-state index in [4.69, 9.17) is 4.74 Å². The Hall–Kier alpha value is -2.45. The highest BCUT2D eigenvalue weighted by atomic mass is 32.2. The molecule has 0 radical (unpaired) electrons. The molecule has 1 amide bonds. The fraction of sp³-hybridized carbons (Fsp3) is 0.316. The molecule has 1 N–H and O–H groups in total. The topological polar surface area (TPSA) is 75.7 Å². The van der Waals surface area contributed by atoms with Crippen molar-refractivity contribution in [3.8, 4) is 5.75 Å². The zero-order chi connectivity index (χ0) is 19.4. The molecule has 1 fully saturated rings. The normalized spacial score (nSPS) is 18.1. The van der Waals surface area contributed by atoms with Crippen LogP contribution >= 0.6 is 0 Å². The third-order valence-corrected chi connectivity index (χ3v) is 6.44. The highest BCUT2D eigenvalue weighted by molar-refractivity contribution is 7.89. The van der Waals surface area contributed by atoms with Gasteiger partial charge in [-0.2, -0.15) is 4.31 Å². The van der Waals surface area contributed by atoms with E-state index in [2.05, 4.69) is 5.32 Å². The predicted octanol–water partition coefficient (Wildman–Crippen LogP) is 2.87. The molecular weight excluding hydrogens is 371 g/mol. The molecule has 27 heavy (non-hydrogen) atoms. The average Bonchev–Trinajstić information content (AvgIpc) is 2.69. The van der Waals surface area contributed by atoms with Crippen LogP contribution in [0.4, 0.5) is 10.1 Å². The molecule has 1 aliphatic heterocycles. The second kappa shape index (κ2) is 8.06. The van der Waals surface area contributed by atoms with Crippen LogP contribution in [0, 0.1) is 11.7 Å². The number of sulfonamides is 1. The van der Waals surface area contributed by atoms with Crippen LogP contribution in [-0.4, -0.2) is 38.8 Å². The summed E-state index contributed by atoms with van der Waals surface area (Å²) in [7, 11) is -2.20. The molecule has 0 spiro atoms. The van der Waals surface area contributed by atoms with Gasteiger partial charge in [0, 0.05) is 18.8 Å². The van der Waals surface area contributed by atoms with E-state index < -0.39 is 21.8 Å². The van der Waals surface area contributed by atoms with Gasteiger partial charge in [0.1, 0.15) is 11.6 Å². The number of amides is 1. The lowest BCUT2D eigenvalue weighted by Crippen LogP contribution is -2.43. The lowest BCUT2D eigenvalue weighted by molar-refractivity contribution is -0.120. The molecule has 0 bridgehead atoms. The molecule has 1 aliphatic rings. The molecule has 0 unspecified atom stereocenters. The van der Waals surface area contributed by atoms with Crippen molar-refractivity contribution in [3.63, 3.8) is 0 Å². The molecule has 144 valence electrons. The molecule has 0 aliphatic carbocycles. The number of nitrogens with zero attached hydrogens (tertiary/aromatic N) is 1. The van der Waals surface area contributed by atoms with Crippen LogP contribution in [0.2, 0.25) is 0 Å². The molecule has 1 heterocycles. The summed E-state index contributed by atoms with van der Waals surface area (Å²) in [6.07, 6.45) is 1.19. The Morgan fingerprint density at radius 1 is 1.15 bits per heavy atom. The van der Waals surface area contributed by atoms with Crippen molar-refractivity contribution in [3.05, 3.63) is 54.3 Å². The van der Waals surface area contributed by atoms with Gasteiger partial charge in [0.05, 0.1) is 17.9 Å². The van der Waals surface area contributed by atoms with Gasteiger partial charge >= 0.3 is 0 Å². The van der Waals surface area contributed by atoms with Gasteiger partial charge in [0.2, 0.25) is 15.9 Å². The van der Waals surface area contributed by atoms with Crippen LogP contribution in [-0.2, 0) is 14.8 Å². The number of methoxy groups -OCH3 is 1. The molecule has 3 rings (SSSR count). The lowest BCUT2D eigenvalue weighted by Gasteiger charge is -2.31. The van der Waals surface area contributed by atoms with Crippen LogP contribution in [0.3, 0.4) is 0 Å². The first kappa shape index (κ1) is 19.3. The van der Waals surface area contributed by atoms with Gasteiger partial charge in [-0.1, -0.05) is 0 Å². The first-order valence-corrected chi connectivity index (χ1v) is 10.0. The molecule has 2 aromatic carbocycles. The Morgan fingerprint density at radius 2 is 1.81 bits per heavy atom. The summed E-state index contributed by atoms with van der Waals surface area (Å²) in [6.45, 7) is 0.438. The maximum absolute atomic E-state index is 13.1. The number of ether oxygens (including phenoxy) is 1. The Morgan fingerprint density at radius 3 is 2.44 bits per heavy atom. The Balaban J connectivity index is 1.69. The smallest absolute Gasteiger partial charge is 0.243 e. The van der Waals surface area contributed by atoms with Gasteiger partial charge < -0.3 is 10.1 Å². The van der Waals surface area contributed by atoms with E-state index in [0.29, 0.717) is 30.8 Å². The molecule has 6 nitrogen and oxygen atoms in total. The number of halogens is 1. The third kappa shape index (κ3) is 4.45. The van der Waals surface area contributed by atoms with Crippen LogP contribution in [0.25, 0.3) is 0 Å². The standard InChI is InChI=1S/C19H21FN2O4S/c1-26-17-8-6-16(7-9-17)21-19(23)14-3-2-12-22(13-14)27(24,25)18-10-4-15(20)5-11-18/h4-11,14H,2-3,12-13H2,1H3,(H,21,23)/t14-/m1/s1. The average molecular weight is 392 g/mol. The van der Waals surface area contributed by atoms with Gasteiger partial charge in [-0.3, -0.25) is 4.79 Å². The minimum absolute atomic E-state index is 0.0279. The minimum atomic E-state index is -3.76. The van der Waals surface area contributed by atoms with Crippen molar-refractivity contribution in [1.29, 1.82) is 0 Å². The van der Waals surface area contributed by atoms with Crippen LogP contribution < -0.4 is 10.1 Å². The number of anilines is 1. The summed E-state index contributed by atoms with van der Waals surface area (Å²) < 4.78 is 45.0. The fourth-order valence-corrected chi connectivity index (χ4v) is 4.57. The van der Waals surface area contributed by atoms with Crippen molar-refractivity contribution in [2.75, 3.05) is 25.5 Å². The summed E-state index contributed by atoms with van der Waals surface area (Å²) in [5, 5.41) is 2.82. The van der Waals surface area contributed by atoms with Crippen molar-refractivity contribution >= 4 is 21.6 Å². The third-order valence-electron chi connectivity index (χ3n) is 4.56. The van der Waals surface area contributed by atoms with Crippen molar-refractivity contribution in [2.24, 2.45) is 5.92 Å². The maximum Gasteiger partial charge on any atom is 0.243 e. The monoisotopic (exact) mass is 392 g/mol. The van der Waals surface area contributed by atoms with Crippen LogP contribution in [0.1, 0.15) is 12.8 Å². The van der Waals surface area contributed by atoms with Gasteiger partial charge in [-0.05, 0) is 61.4 Å². The SMILES string of the molecule is COc1ccc(NC(=O)[C@@H]2CCCN(S(=O)(=O)c3ccc(F)cc3)C2)cc1. The van der Waals surface area contributed by atoms with Crippen LogP contribution in [0.15, 0.2) is 53.4 Å². The summed E-state index contributed by atoms with van der Waals surface area (Å²) in [5.74, 6) is -0.484. The van der Waals surface area contributed by atoms with Gasteiger partial charge in [-0.25, -0.2) is 12.8 Å². The maximum atomic E-state index is 13.1. The van der Waals surface area contributed by atoms with E-state index in [1.807, 2.05) is 0 Å². The number of hydrogen-bond donors (Lipinski definition) is 1. The Bertz CT molecular complexity index is 898. The summed E-state index contributed by atoms with van der Waals surface area (Å²) in [6, 6.07) is 11.6. The molecule has 0 saturated carbocycles. The van der Waals surface area contributed by atoms with Gasteiger partial charge in [-0.15, -0.1) is 0 Å². The number of piperidine rings is 1. The van der Waals surface area contributed by atoms with Gasteiger partial charge in [0.15, 0.2) is 0 Å². The van der Waals surface area contributed by atoms with Gasteiger partial charge in [0.25, 0.3) is 0 Å². The van der Waals surface area contributed by atoms with E-state index in [9.17, 15) is 17.6 Å².